The average molecular weight is 290 g/mol. The summed E-state index contributed by atoms with van der Waals surface area (Å²) in [5, 5.41) is 0. The minimum Gasteiger partial charge on any atom is -0.361 e. The maximum atomic E-state index is 5.66. The van der Waals surface area contributed by atoms with Gasteiger partial charge in [0.05, 0.1) is 14.0 Å². The summed E-state index contributed by atoms with van der Waals surface area (Å²) in [5.41, 5.74) is -0.0489. The second-order valence-electron chi connectivity index (χ2n) is 2.71. The molecule has 0 saturated carbocycles. The minimum absolute atomic E-state index is 0.0489. The van der Waals surface area contributed by atoms with Gasteiger partial charge in [-0.25, -0.2) is 0 Å². The molecule has 1 aliphatic rings. The summed E-state index contributed by atoms with van der Waals surface area (Å²) < 4.78 is 6.78. The fourth-order valence-electron chi connectivity index (χ4n) is 0.726. The van der Waals surface area contributed by atoms with Crippen LogP contribution in [-0.2, 0) is 4.74 Å². The molecule has 1 nitrogen and oxygen atoms in total. The quantitative estimate of drug-likeness (QED) is 0.675. The number of rotatable bonds is 1. The van der Waals surface area contributed by atoms with Gasteiger partial charge in [0.25, 0.3) is 0 Å². The lowest BCUT2D eigenvalue weighted by Gasteiger charge is -1.94. The molecule has 1 aliphatic heterocycles. The Hall–Kier alpha value is 0.950. The van der Waals surface area contributed by atoms with E-state index in [1.54, 1.807) is 0 Å². The lowest BCUT2D eigenvalue weighted by atomic mass is 10.1. The predicted octanol–water partition coefficient (Wildman–Crippen LogP) is 3.36. The maximum Gasteiger partial charge on any atom is 0.120 e. The Kier molecular flexibility index (Phi) is 2.51. The minimum atomic E-state index is -0.0489. The SMILES string of the molecule is CC1(C)OC1/C(Br)=C(/Cl)Br. The lowest BCUT2D eigenvalue weighted by molar-refractivity contribution is 0.333. The molecular formula is C6H7Br2ClO. The van der Waals surface area contributed by atoms with Gasteiger partial charge in [-0.15, -0.1) is 0 Å². The number of halogens is 3. The van der Waals surface area contributed by atoms with Gasteiger partial charge >= 0.3 is 0 Å². The third-order valence-corrected chi connectivity index (χ3v) is 3.61. The summed E-state index contributed by atoms with van der Waals surface area (Å²) in [6, 6.07) is 0. The van der Waals surface area contributed by atoms with Crippen molar-refractivity contribution in [2.75, 3.05) is 0 Å². The van der Waals surface area contributed by atoms with E-state index < -0.39 is 0 Å². The number of epoxide rings is 1. The molecule has 10 heavy (non-hydrogen) atoms. The average Bonchev–Trinajstić information content (AvgIpc) is 2.38. The van der Waals surface area contributed by atoms with Crippen LogP contribution >= 0.6 is 43.5 Å². The van der Waals surface area contributed by atoms with Gasteiger partial charge in [0.1, 0.15) is 6.10 Å². The molecule has 1 heterocycles. The highest BCUT2D eigenvalue weighted by atomic mass is 79.9. The third-order valence-electron chi connectivity index (χ3n) is 1.41. The highest BCUT2D eigenvalue weighted by molar-refractivity contribution is 9.14. The Bertz CT molecular complexity index is 184. The second kappa shape index (κ2) is 2.77. The summed E-state index contributed by atoms with van der Waals surface area (Å²) in [6.07, 6.45) is 0.124. The highest BCUT2D eigenvalue weighted by Gasteiger charge is 2.50. The van der Waals surface area contributed by atoms with Crippen molar-refractivity contribution in [1.29, 1.82) is 0 Å². The fourth-order valence-corrected chi connectivity index (χ4v) is 1.68. The maximum absolute atomic E-state index is 5.66. The number of hydrogen-bond acceptors (Lipinski definition) is 1. The van der Waals surface area contributed by atoms with Gasteiger partial charge in [-0.1, -0.05) is 27.5 Å². The molecule has 1 atom stereocenters. The van der Waals surface area contributed by atoms with E-state index in [9.17, 15) is 0 Å². The zero-order valence-corrected chi connectivity index (χ0v) is 9.55. The largest absolute Gasteiger partial charge is 0.361 e. The Morgan fingerprint density at radius 3 is 2.00 bits per heavy atom. The van der Waals surface area contributed by atoms with Crippen LogP contribution in [0, 0.1) is 0 Å². The highest BCUT2D eigenvalue weighted by Crippen LogP contribution is 2.45. The monoisotopic (exact) mass is 288 g/mol. The Balaban J connectivity index is 2.65. The van der Waals surface area contributed by atoms with E-state index in [2.05, 4.69) is 31.9 Å². The molecule has 0 bridgehead atoms. The summed E-state index contributed by atoms with van der Waals surface area (Å²) >= 11 is 12.1. The molecule has 0 amide bonds. The van der Waals surface area contributed by atoms with E-state index in [0.29, 0.717) is 3.94 Å². The molecule has 0 radical (unpaired) electrons. The molecule has 1 saturated heterocycles. The van der Waals surface area contributed by atoms with E-state index in [0.717, 1.165) is 4.48 Å². The van der Waals surface area contributed by atoms with Crippen LogP contribution in [0.3, 0.4) is 0 Å². The number of ether oxygens (including phenoxy) is 1. The van der Waals surface area contributed by atoms with Crippen molar-refractivity contribution < 1.29 is 4.74 Å². The summed E-state index contributed by atoms with van der Waals surface area (Å²) in [5.74, 6) is 0. The molecule has 4 heteroatoms. The van der Waals surface area contributed by atoms with Crippen LogP contribution in [0.1, 0.15) is 13.8 Å². The Labute approximate surface area is 82.0 Å². The van der Waals surface area contributed by atoms with Crippen molar-refractivity contribution >= 4 is 43.5 Å². The molecule has 0 aromatic carbocycles. The van der Waals surface area contributed by atoms with E-state index in [1.807, 2.05) is 13.8 Å². The van der Waals surface area contributed by atoms with Crippen LogP contribution in [0.15, 0.2) is 8.42 Å². The Morgan fingerprint density at radius 2 is 1.90 bits per heavy atom. The molecule has 1 unspecified atom stereocenters. The van der Waals surface area contributed by atoms with E-state index >= 15 is 0 Å². The van der Waals surface area contributed by atoms with Crippen LogP contribution in [-0.4, -0.2) is 11.7 Å². The van der Waals surface area contributed by atoms with Crippen LogP contribution in [0.4, 0.5) is 0 Å². The summed E-state index contributed by atoms with van der Waals surface area (Å²) in [7, 11) is 0. The zero-order valence-electron chi connectivity index (χ0n) is 5.62. The second-order valence-corrected chi connectivity index (χ2v) is 5.19. The van der Waals surface area contributed by atoms with Gasteiger partial charge in [-0.3, -0.25) is 0 Å². The van der Waals surface area contributed by atoms with Gasteiger partial charge < -0.3 is 4.74 Å². The first kappa shape index (κ1) is 9.04. The van der Waals surface area contributed by atoms with Crippen molar-refractivity contribution in [3.8, 4) is 0 Å². The lowest BCUT2D eigenvalue weighted by Crippen LogP contribution is -2.02. The fraction of sp³-hybridized carbons (Fsp3) is 0.667. The van der Waals surface area contributed by atoms with Gasteiger partial charge in [0.15, 0.2) is 0 Å². The van der Waals surface area contributed by atoms with Crippen molar-refractivity contribution in [1.82, 2.24) is 0 Å². The van der Waals surface area contributed by atoms with Crippen molar-refractivity contribution in [3.05, 3.63) is 8.42 Å². The molecule has 0 aromatic rings. The third kappa shape index (κ3) is 1.76. The molecule has 1 rings (SSSR count). The van der Waals surface area contributed by atoms with Crippen LogP contribution in [0.2, 0.25) is 0 Å². The van der Waals surface area contributed by atoms with Crippen molar-refractivity contribution in [2.45, 2.75) is 25.6 Å². The van der Waals surface area contributed by atoms with Gasteiger partial charge in [-0.2, -0.15) is 0 Å². The smallest absolute Gasteiger partial charge is 0.120 e. The first-order valence-corrected chi connectivity index (χ1v) is 4.80. The molecular weight excluding hydrogens is 283 g/mol. The van der Waals surface area contributed by atoms with Gasteiger partial charge in [0, 0.05) is 0 Å². The summed E-state index contributed by atoms with van der Waals surface area (Å²) in [6.45, 7) is 4.04. The van der Waals surface area contributed by atoms with Crippen LogP contribution in [0.25, 0.3) is 0 Å². The molecule has 0 aromatic heterocycles. The van der Waals surface area contributed by atoms with Crippen molar-refractivity contribution in [2.24, 2.45) is 0 Å². The van der Waals surface area contributed by atoms with E-state index in [-0.39, 0.29) is 11.7 Å². The van der Waals surface area contributed by atoms with E-state index in [1.165, 1.54) is 0 Å². The van der Waals surface area contributed by atoms with Gasteiger partial charge in [0.2, 0.25) is 0 Å². The number of hydrogen-bond donors (Lipinski definition) is 0. The van der Waals surface area contributed by atoms with E-state index in [4.69, 9.17) is 16.3 Å². The van der Waals surface area contributed by atoms with Gasteiger partial charge in [-0.05, 0) is 29.8 Å². The zero-order chi connectivity index (χ0) is 7.94. The molecule has 0 N–H and O–H groups in total. The normalized spacial score (nSPS) is 31.5. The van der Waals surface area contributed by atoms with Crippen LogP contribution in [0.5, 0.6) is 0 Å². The summed E-state index contributed by atoms with van der Waals surface area (Å²) in [4.78, 5) is 0. The molecule has 1 fully saturated rings. The molecule has 0 aliphatic carbocycles. The topological polar surface area (TPSA) is 12.5 Å². The predicted molar refractivity (Wildman–Crippen MR) is 49.7 cm³/mol. The van der Waals surface area contributed by atoms with Crippen molar-refractivity contribution in [3.63, 3.8) is 0 Å². The van der Waals surface area contributed by atoms with Crippen LogP contribution < -0.4 is 0 Å². The molecule has 0 spiro atoms. The first-order valence-electron chi connectivity index (χ1n) is 2.83. The standard InChI is InChI=1S/C6H7Br2ClO/c1-6(2)4(10-6)3(7)5(8)9/h4H,1-2H3/b5-3-. The first-order chi connectivity index (χ1) is 4.45. The Morgan fingerprint density at radius 1 is 1.50 bits per heavy atom. The molecule has 58 valence electrons.